The number of Topliss-reactive ketones (excluding diaryl/α,β-unsaturated/α-hetero) is 1. The van der Waals surface area contributed by atoms with Gasteiger partial charge in [0.2, 0.25) is 11.8 Å². The standard InChI is InChI=1S/C14H17NO.C13H15NO2/c1-9-5-4-6-12-8-14(15-11(3)16)10(2)7-13(9)12;1-8-6-11-10(4-3-5-13(11)16)7-12(8)14-9(2)15/h7-8H,1,4-6H2,2-3H3,(H,15,16);6-7H,3-5H2,1-2H3,(H,14,15). The molecule has 0 fully saturated rings. The first-order valence-corrected chi connectivity index (χ1v) is 11.2. The fourth-order valence-electron chi connectivity index (χ4n) is 4.36. The second-order valence-corrected chi connectivity index (χ2v) is 8.74. The normalized spacial score (nSPS) is 14.5. The van der Waals surface area contributed by atoms with E-state index in [0.29, 0.717) is 6.42 Å². The molecule has 0 spiro atoms. The summed E-state index contributed by atoms with van der Waals surface area (Å²) in [6, 6.07) is 8.06. The molecule has 0 unspecified atom stereocenters. The zero-order valence-electron chi connectivity index (χ0n) is 19.5. The molecular weight excluding hydrogens is 400 g/mol. The molecule has 0 saturated carbocycles. The number of allylic oxidation sites excluding steroid dienone is 1. The van der Waals surface area contributed by atoms with E-state index in [9.17, 15) is 14.4 Å². The van der Waals surface area contributed by atoms with Gasteiger partial charge in [0.05, 0.1) is 0 Å². The summed E-state index contributed by atoms with van der Waals surface area (Å²) in [7, 11) is 0. The minimum atomic E-state index is -0.0785. The summed E-state index contributed by atoms with van der Waals surface area (Å²) in [6.07, 6.45) is 5.82. The number of benzene rings is 2. The van der Waals surface area contributed by atoms with Gasteiger partial charge in [-0.25, -0.2) is 0 Å². The van der Waals surface area contributed by atoms with Gasteiger partial charge in [-0.1, -0.05) is 6.58 Å². The highest BCUT2D eigenvalue weighted by molar-refractivity contribution is 6.00. The third-order valence-corrected chi connectivity index (χ3v) is 5.98. The van der Waals surface area contributed by atoms with Crippen molar-refractivity contribution in [2.24, 2.45) is 0 Å². The summed E-state index contributed by atoms with van der Waals surface area (Å²) < 4.78 is 0. The van der Waals surface area contributed by atoms with Crippen molar-refractivity contribution < 1.29 is 14.4 Å². The van der Waals surface area contributed by atoms with Crippen LogP contribution in [0.15, 0.2) is 30.8 Å². The number of hydrogen-bond acceptors (Lipinski definition) is 3. The Hall–Kier alpha value is -3.21. The first kappa shape index (κ1) is 23.5. The largest absolute Gasteiger partial charge is 0.326 e. The Labute approximate surface area is 190 Å². The van der Waals surface area contributed by atoms with Crippen molar-refractivity contribution in [3.8, 4) is 0 Å². The zero-order valence-corrected chi connectivity index (χ0v) is 19.5. The number of anilines is 2. The Kier molecular flexibility index (Phi) is 7.29. The van der Waals surface area contributed by atoms with Crippen LogP contribution in [0.3, 0.4) is 0 Å². The molecule has 2 aliphatic rings. The molecule has 4 rings (SSSR count). The van der Waals surface area contributed by atoms with Crippen LogP contribution in [-0.4, -0.2) is 17.6 Å². The maximum Gasteiger partial charge on any atom is 0.221 e. The molecule has 5 heteroatoms. The molecule has 32 heavy (non-hydrogen) atoms. The number of aryl methyl sites for hydroxylation is 4. The second kappa shape index (κ2) is 9.94. The van der Waals surface area contributed by atoms with E-state index >= 15 is 0 Å². The molecule has 0 saturated heterocycles. The van der Waals surface area contributed by atoms with Gasteiger partial charge in [0.1, 0.15) is 0 Å². The van der Waals surface area contributed by atoms with Crippen molar-refractivity contribution in [3.05, 3.63) is 64.2 Å². The predicted octanol–water partition coefficient (Wildman–Crippen LogP) is 5.78. The number of nitrogens with one attached hydrogen (secondary N) is 2. The van der Waals surface area contributed by atoms with Crippen LogP contribution in [0.25, 0.3) is 5.57 Å². The van der Waals surface area contributed by atoms with Gasteiger partial charge in [-0.2, -0.15) is 0 Å². The Morgan fingerprint density at radius 1 is 0.750 bits per heavy atom. The van der Waals surface area contributed by atoms with Crippen molar-refractivity contribution >= 4 is 34.5 Å². The lowest BCUT2D eigenvalue weighted by Gasteiger charge is -2.20. The molecule has 2 aromatic rings. The van der Waals surface area contributed by atoms with Gasteiger partial charge in [-0.3, -0.25) is 14.4 Å². The number of amides is 2. The molecule has 0 radical (unpaired) electrons. The Bertz CT molecular complexity index is 1010. The van der Waals surface area contributed by atoms with Gasteiger partial charge in [0.15, 0.2) is 5.78 Å². The fourth-order valence-corrected chi connectivity index (χ4v) is 4.36. The van der Waals surface area contributed by atoms with E-state index in [1.807, 2.05) is 26.0 Å². The quantitative estimate of drug-likeness (QED) is 0.632. The van der Waals surface area contributed by atoms with Gasteiger partial charge in [0.25, 0.3) is 0 Å². The minimum absolute atomic E-state index is 0.0160. The number of rotatable bonds is 2. The summed E-state index contributed by atoms with van der Waals surface area (Å²) in [5.41, 5.74) is 9.51. The molecule has 0 aliphatic heterocycles. The average molecular weight is 433 g/mol. The van der Waals surface area contributed by atoms with Crippen LogP contribution >= 0.6 is 0 Å². The van der Waals surface area contributed by atoms with E-state index in [1.54, 1.807) is 0 Å². The minimum Gasteiger partial charge on any atom is -0.326 e. The number of hydrogen-bond donors (Lipinski definition) is 2. The van der Waals surface area contributed by atoms with Crippen molar-refractivity contribution in [3.63, 3.8) is 0 Å². The van der Waals surface area contributed by atoms with Gasteiger partial charge >= 0.3 is 0 Å². The molecule has 2 aromatic carbocycles. The third-order valence-electron chi connectivity index (χ3n) is 5.98. The van der Waals surface area contributed by atoms with Crippen LogP contribution < -0.4 is 10.6 Å². The van der Waals surface area contributed by atoms with E-state index in [4.69, 9.17) is 0 Å². The molecular formula is C27H32N2O3. The van der Waals surface area contributed by atoms with Crippen molar-refractivity contribution in [2.75, 3.05) is 10.6 Å². The van der Waals surface area contributed by atoms with Gasteiger partial charge < -0.3 is 10.6 Å². The van der Waals surface area contributed by atoms with Crippen LogP contribution in [0.2, 0.25) is 0 Å². The molecule has 0 aromatic heterocycles. The first-order valence-electron chi connectivity index (χ1n) is 11.2. The molecule has 5 nitrogen and oxygen atoms in total. The Balaban J connectivity index is 0.000000181. The maximum absolute atomic E-state index is 11.7. The summed E-state index contributed by atoms with van der Waals surface area (Å²) >= 11 is 0. The van der Waals surface area contributed by atoms with Crippen LogP contribution in [0.5, 0.6) is 0 Å². The molecule has 2 amide bonds. The molecule has 0 heterocycles. The van der Waals surface area contributed by atoms with Crippen molar-refractivity contribution in [1.29, 1.82) is 0 Å². The smallest absolute Gasteiger partial charge is 0.221 e. The number of carbonyl (C=O) groups is 3. The van der Waals surface area contributed by atoms with Gasteiger partial charge in [-0.05, 0) is 104 Å². The molecule has 2 aliphatic carbocycles. The Morgan fingerprint density at radius 3 is 1.75 bits per heavy atom. The fraction of sp³-hybridized carbons (Fsp3) is 0.370. The SMILES string of the molecule is C=C1CCCc2cc(NC(C)=O)c(C)cc21.CC(=O)Nc1cc2c(cc1C)C(=O)CCC2. The summed E-state index contributed by atoms with van der Waals surface area (Å²) in [5, 5.41) is 5.66. The van der Waals surface area contributed by atoms with Crippen LogP contribution in [0.1, 0.15) is 77.7 Å². The number of ketones is 1. The number of fused-ring (bicyclic) bond motifs is 2. The monoisotopic (exact) mass is 432 g/mol. The highest BCUT2D eigenvalue weighted by Crippen LogP contribution is 2.33. The summed E-state index contributed by atoms with van der Waals surface area (Å²) in [5.74, 6) is 0.126. The highest BCUT2D eigenvalue weighted by Gasteiger charge is 2.19. The van der Waals surface area contributed by atoms with Crippen LogP contribution in [-0.2, 0) is 22.4 Å². The van der Waals surface area contributed by atoms with Crippen LogP contribution in [0.4, 0.5) is 11.4 Å². The number of carbonyl (C=O) groups excluding carboxylic acids is 3. The third kappa shape index (κ3) is 5.52. The lowest BCUT2D eigenvalue weighted by molar-refractivity contribution is -0.115. The van der Waals surface area contributed by atoms with E-state index in [-0.39, 0.29) is 17.6 Å². The van der Waals surface area contributed by atoms with E-state index in [2.05, 4.69) is 29.3 Å². The van der Waals surface area contributed by atoms with Gasteiger partial charge in [0, 0.05) is 37.2 Å². The molecule has 168 valence electrons. The average Bonchev–Trinajstić information content (AvgIpc) is 2.71. The highest BCUT2D eigenvalue weighted by atomic mass is 16.2. The lowest BCUT2D eigenvalue weighted by atomic mass is 9.86. The van der Waals surface area contributed by atoms with Crippen molar-refractivity contribution in [1.82, 2.24) is 0 Å². The first-order chi connectivity index (χ1) is 15.2. The van der Waals surface area contributed by atoms with E-state index in [1.165, 1.54) is 30.5 Å². The lowest BCUT2D eigenvalue weighted by Crippen LogP contribution is -2.14. The predicted molar refractivity (Wildman–Crippen MR) is 130 cm³/mol. The van der Waals surface area contributed by atoms with Gasteiger partial charge in [-0.15, -0.1) is 0 Å². The summed E-state index contributed by atoms with van der Waals surface area (Å²) in [6.45, 7) is 11.1. The van der Waals surface area contributed by atoms with E-state index in [0.717, 1.165) is 65.7 Å². The maximum atomic E-state index is 11.7. The topological polar surface area (TPSA) is 75.3 Å². The molecule has 0 atom stereocenters. The Morgan fingerprint density at radius 2 is 1.22 bits per heavy atom. The van der Waals surface area contributed by atoms with E-state index < -0.39 is 0 Å². The second-order valence-electron chi connectivity index (χ2n) is 8.74. The van der Waals surface area contributed by atoms with Crippen LogP contribution in [0, 0.1) is 13.8 Å². The zero-order chi connectivity index (χ0) is 23.4. The van der Waals surface area contributed by atoms with Crippen molar-refractivity contribution in [2.45, 2.75) is 66.2 Å². The summed E-state index contributed by atoms with van der Waals surface area (Å²) in [4.78, 5) is 33.8. The molecule has 0 bridgehead atoms. The molecule has 2 N–H and O–H groups in total.